The zero-order valence-electron chi connectivity index (χ0n) is 17.8. The Hall–Kier alpha value is -2.11. The van der Waals surface area contributed by atoms with Crippen molar-refractivity contribution in [1.29, 1.82) is 0 Å². The fourth-order valence-electron chi connectivity index (χ4n) is 4.33. The second kappa shape index (κ2) is 9.36. The van der Waals surface area contributed by atoms with E-state index in [-0.39, 0.29) is 17.6 Å². The van der Waals surface area contributed by atoms with E-state index in [4.69, 9.17) is 0 Å². The molecule has 158 valence electrons. The number of anilines is 1. The Morgan fingerprint density at radius 2 is 1.67 bits per heavy atom. The number of aryl methyl sites for hydroxylation is 1. The van der Waals surface area contributed by atoms with Crippen molar-refractivity contribution in [2.75, 3.05) is 31.1 Å². The van der Waals surface area contributed by atoms with Crippen LogP contribution in [0, 0.1) is 12.8 Å². The normalized spacial score (nSPS) is 20.5. The minimum Gasteiger partial charge on any atom is -0.310 e. The van der Waals surface area contributed by atoms with Crippen molar-refractivity contribution < 1.29 is 9.59 Å². The SMILES string of the molecule is Cc1ccc(C(=O)C2CCN(CC(=O)N3CCC(C)Sc4ccccc43)CC2)cc1. The molecule has 0 spiro atoms. The van der Waals surface area contributed by atoms with Gasteiger partial charge in [-0.15, -0.1) is 11.8 Å². The van der Waals surface area contributed by atoms with Gasteiger partial charge in [0.1, 0.15) is 0 Å². The molecule has 4 nitrogen and oxygen atoms in total. The van der Waals surface area contributed by atoms with E-state index in [0.29, 0.717) is 11.8 Å². The summed E-state index contributed by atoms with van der Waals surface area (Å²) in [6.45, 7) is 7.06. The summed E-state index contributed by atoms with van der Waals surface area (Å²) in [6, 6.07) is 16.1. The molecule has 30 heavy (non-hydrogen) atoms. The van der Waals surface area contributed by atoms with E-state index >= 15 is 0 Å². The maximum atomic E-state index is 13.2. The molecule has 2 aromatic carbocycles. The van der Waals surface area contributed by atoms with Gasteiger partial charge in [0.05, 0.1) is 12.2 Å². The number of thioether (sulfide) groups is 1. The minimum absolute atomic E-state index is 0.0650. The van der Waals surface area contributed by atoms with Crippen molar-refractivity contribution in [2.24, 2.45) is 5.92 Å². The van der Waals surface area contributed by atoms with Crippen molar-refractivity contribution in [1.82, 2.24) is 4.90 Å². The van der Waals surface area contributed by atoms with Gasteiger partial charge in [-0.25, -0.2) is 0 Å². The Bertz CT molecular complexity index is 904. The number of fused-ring (bicyclic) bond motifs is 1. The summed E-state index contributed by atoms with van der Waals surface area (Å²) in [5, 5.41) is 0.507. The number of Topliss-reactive ketones (excluding diaryl/α,β-unsaturated/α-hetero) is 1. The van der Waals surface area contributed by atoms with Crippen LogP contribution in [0.4, 0.5) is 5.69 Å². The first-order valence-electron chi connectivity index (χ1n) is 10.9. The van der Waals surface area contributed by atoms with Crippen molar-refractivity contribution >= 4 is 29.1 Å². The van der Waals surface area contributed by atoms with Crippen molar-refractivity contribution in [2.45, 2.75) is 43.3 Å². The molecule has 0 aromatic heterocycles. The highest BCUT2D eigenvalue weighted by Crippen LogP contribution is 2.37. The van der Waals surface area contributed by atoms with Gasteiger partial charge in [0.2, 0.25) is 5.91 Å². The molecule has 0 radical (unpaired) electrons. The number of nitrogens with zero attached hydrogens (tertiary/aromatic N) is 2. The highest BCUT2D eigenvalue weighted by atomic mass is 32.2. The lowest BCUT2D eigenvalue weighted by molar-refractivity contribution is -0.120. The van der Waals surface area contributed by atoms with Gasteiger partial charge >= 0.3 is 0 Å². The number of benzene rings is 2. The average molecular weight is 423 g/mol. The number of amides is 1. The molecule has 0 saturated carbocycles. The van der Waals surface area contributed by atoms with Crippen LogP contribution >= 0.6 is 11.8 Å². The second-order valence-corrected chi connectivity index (χ2v) is 9.99. The summed E-state index contributed by atoms with van der Waals surface area (Å²) in [6.07, 6.45) is 2.64. The molecule has 0 aliphatic carbocycles. The van der Waals surface area contributed by atoms with E-state index in [9.17, 15) is 9.59 Å². The van der Waals surface area contributed by atoms with Crippen molar-refractivity contribution in [3.8, 4) is 0 Å². The third kappa shape index (κ3) is 4.79. The summed E-state index contributed by atoms with van der Waals surface area (Å²) in [5.74, 6) is 0.476. The van der Waals surface area contributed by atoms with E-state index in [1.165, 1.54) is 10.5 Å². The van der Waals surface area contributed by atoms with Gasteiger partial charge in [-0.2, -0.15) is 0 Å². The maximum Gasteiger partial charge on any atom is 0.241 e. The molecular weight excluding hydrogens is 392 g/mol. The molecule has 2 aliphatic rings. The number of hydrogen-bond donors (Lipinski definition) is 0. The van der Waals surface area contributed by atoms with Crippen LogP contribution in [0.15, 0.2) is 53.4 Å². The van der Waals surface area contributed by atoms with Crippen LogP contribution in [0.3, 0.4) is 0 Å². The molecule has 1 fully saturated rings. The molecule has 4 rings (SSSR count). The van der Waals surface area contributed by atoms with Crippen LogP contribution in [0.25, 0.3) is 0 Å². The first kappa shape index (κ1) is 21.1. The second-order valence-electron chi connectivity index (χ2n) is 8.51. The lowest BCUT2D eigenvalue weighted by Crippen LogP contribution is -2.44. The average Bonchev–Trinajstić information content (AvgIpc) is 2.92. The fraction of sp³-hybridized carbons (Fsp3) is 0.440. The van der Waals surface area contributed by atoms with E-state index in [1.807, 2.05) is 60.0 Å². The summed E-state index contributed by atoms with van der Waals surface area (Å²) in [4.78, 5) is 31.3. The first-order chi connectivity index (χ1) is 14.5. The van der Waals surface area contributed by atoms with Crippen molar-refractivity contribution in [3.05, 3.63) is 59.7 Å². The van der Waals surface area contributed by atoms with Gasteiger partial charge in [0.15, 0.2) is 5.78 Å². The van der Waals surface area contributed by atoms with Gasteiger partial charge < -0.3 is 4.90 Å². The Morgan fingerprint density at radius 1 is 0.967 bits per heavy atom. The molecule has 1 unspecified atom stereocenters. The standard InChI is InChI=1S/C25H30N2O2S/c1-18-7-9-20(10-8-18)25(29)21-12-14-26(15-13-21)17-24(28)27-16-11-19(2)30-23-6-4-3-5-22(23)27/h3-10,19,21H,11-17H2,1-2H3. The Kier molecular flexibility index (Phi) is 6.59. The number of ketones is 1. The van der Waals surface area contributed by atoms with E-state index in [0.717, 1.165) is 50.1 Å². The first-order valence-corrected chi connectivity index (χ1v) is 11.8. The fourth-order valence-corrected chi connectivity index (χ4v) is 5.44. The maximum absolute atomic E-state index is 13.2. The van der Waals surface area contributed by atoms with Crippen LogP contribution < -0.4 is 4.90 Å². The van der Waals surface area contributed by atoms with Crippen LogP contribution in [0.2, 0.25) is 0 Å². The number of carbonyl (C=O) groups is 2. The molecule has 2 aliphatic heterocycles. The van der Waals surface area contributed by atoms with E-state index < -0.39 is 0 Å². The summed E-state index contributed by atoms with van der Waals surface area (Å²) in [7, 11) is 0. The van der Waals surface area contributed by atoms with Gasteiger partial charge in [0.25, 0.3) is 0 Å². The topological polar surface area (TPSA) is 40.6 Å². The Labute approximate surface area is 183 Å². The molecule has 2 aromatic rings. The van der Waals surface area contributed by atoms with Crippen molar-refractivity contribution in [3.63, 3.8) is 0 Å². The summed E-state index contributed by atoms with van der Waals surface area (Å²) >= 11 is 1.86. The van der Waals surface area contributed by atoms with Crippen LogP contribution in [0.1, 0.15) is 42.1 Å². The smallest absolute Gasteiger partial charge is 0.241 e. The van der Waals surface area contributed by atoms with Crippen LogP contribution in [-0.2, 0) is 4.79 Å². The molecule has 5 heteroatoms. The van der Waals surface area contributed by atoms with E-state index in [2.05, 4.69) is 24.0 Å². The third-order valence-corrected chi connectivity index (χ3v) is 7.44. The molecule has 1 amide bonds. The quantitative estimate of drug-likeness (QED) is 0.663. The molecular formula is C25H30N2O2S. The highest BCUT2D eigenvalue weighted by Gasteiger charge is 2.29. The van der Waals surface area contributed by atoms with Gasteiger partial charge in [-0.05, 0) is 51.4 Å². The number of piperidine rings is 1. The lowest BCUT2D eigenvalue weighted by atomic mass is 9.88. The Balaban J connectivity index is 1.35. The number of likely N-dealkylation sites (tertiary alicyclic amines) is 1. The molecule has 0 N–H and O–H groups in total. The third-order valence-electron chi connectivity index (χ3n) is 6.20. The van der Waals surface area contributed by atoms with Crippen LogP contribution in [0.5, 0.6) is 0 Å². The van der Waals surface area contributed by atoms with Crippen LogP contribution in [-0.4, -0.2) is 48.0 Å². The van der Waals surface area contributed by atoms with Gasteiger partial charge in [0, 0.05) is 28.2 Å². The largest absolute Gasteiger partial charge is 0.310 e. The highest BCUT2D eigenvalue weighted by molar-refractivity contribution is 8.00. The molecule has 2 heterocycles. The molecule has 1 saturated heterocycles. The molecule has 1 atom stereocenters. The predicted molar refractivity (Wildman–Crippen MR) is 123 cm³/mol. The Morgan fingerprint density at radius 3 is 2.40 bits per heavy atom. The zero-order valence-corrected chi connectivity index (χ0v) is 18.7. The summed E-state index contributed by atoms with van der Waals surface area (Å²) < 4.78 is 0. The zero-order chi connectivity index (χ0) is 21.1. The van der Waals surface area contributed by atoms with Gasteiger partial charge in [-0.1, -0.05) is 48.9 Å². The predicted octanol–water partition coefficient (Wildman–Crippen LogP) is 4.81. The van der Waals surface area contributed by atoms with E-state index in [1.54, 1.807) is 0 Å². The monoisotopic (exact) mass is 422 g/mol. The number of carbonyl (C=O) groups excluding carboxylic acids is 2. The molecule has 0 bridgehead atoms. The lowest BCUT2D eigenvalue weighted by Gasteiger charge is -2.32. The van der Waals surface area contributed by atoms with Gasteiger partial charge in [-0.3, -0.25) is 14.5 Å². The number of hydrogen-bond acceptors (Lipinski definition) is 4. The summed E-state index contributed by atoms with van der Waals surface area (Å²) in [5.41, 5.74) is 3.02. The number of rotatable bonds is 4. The minimum atomic E-state index is 0.0650. The number of para-hydroxylation sites is 1.